The molecule has 8 nitrogen and oxygen atoms in total. The Morgan fingerprint density at radius 1 is 1.26 bits per heavy atom. The summed E-state index contributed by atoms with van der Waals surface area (Å²) in [6.45, 7) is 7.64. The Morgan fingerprint density at radius 2 is 2.06 bits per heavy atom. The van der Waals surface area contributed by atoms with E-state index in [9.17, 15) is 0 Å². The number of ether oxygens (including phenoxy) is 2. The Labute approximate surface area is 202 Å². The van der Waals surface area contributed by atoms with Gasteiger partial charge in [-0.25, -0.2) is 4.99 Å². The molecule has 0 bridgehead atoms. The maximum absolute atomic E-state index is 5.79. The van der Waals surface area contributed by atoms with E-state index in [-0.39, 0.29) is 30.0 Å². The van der Waals surface area contributed by atoms with Crippen LogP contribution in [-0.4, -0.2) is 47.1 Å². The van der Waals surface area contributed by atoms with Gasteiger partial charge in [-0.05, 0) is 25.8 Å². The molecule has 0 amide bonds. The fourth-order valence-corrected chi connectivity index (χ4v) is 3.28. The first-order valence-electron chi connectivity index (χ1n) is 10.9. The van der Waals surface area contributed by atoms with Crippen molar-refractivity contribution in [3.63, 3.8) is 0 Å². The van der Waals surface area contributed by atoms with Crippen LogP contribution in [0.1, 0.15) is 55.9 Å². The summed E-state index contributed by atoms with van der Waals surface area (Å²) in [5.74, 6) is 3.42. The molecule has 0 saturated carbocycles. The molecule has 1 aromatic heterocycles. The van der Waals surface area contributed by atoms with Gasteiger partial charge in [0, 0.05) is 38.8 Å². The number of halogens is 1. The number of aliphatic imine (C=N–C) groups is 1. The second-order valence-electron chi connectivity index (χ2n) is 7.51. The van der Waals surface area contributed by atoms with Gasteiger partial charge in [-0.1, -0.05) is 31.5 Å². The fraction of sp³-hybridized carbons (Fsp3) is 0.591. The molecule has 0 spiro atoms. The number of nitrogens with zero attached hydrogens (tertiary/aromatic N) is 4. The van der Waals surface area contributed by atoms with Crippen molar-refractivity contribution in [1.29, 1.82) is 0 Å². The molecule has 0 aliphatic carbocycles. The Morgan fingerprint density at radius 3 is 2.84 bits per heavy atom. The van der Waals surface area contributed by atoms with Gasteiger partial charge in [0.2, 0.25) is 0 Å². The third-order valence-corrected chi connectivity index (χ3v) is 5.23. The van der Waals surface area contributed by atoms with Gasteiger partial charge in [0.15, 0.2) is 11.8 Å². The van der Waals surface area contributed by atoms with E-state index >= 15 is 0 Å². The van der Waals surface area contributed by atoms with Crippen LogP contribution in [0.15, 0.2) is 29.3 Å². The minimum absolute atomic E-state index is 0. The number of rotatable bonds is 10. The number of aromatic nitrogens is 3. The lowest BCUT2D eigenvalue weighted by atomic mass is 10.0. The molecule has 2 N–H and O–H groups in total. The Bertz CT molecular complexity index is 826. The minimum Gasteiger partial charge on any atom is -0.493 e. The SMILES string of the molecule is CCCCOCCCNC(=NCc1nnc(C)n1C)NC1CCOc2ccccc21.I. The standard InChI is InChI=1S/C22H34N6O2.HI/c1-4-5-13-29-14-8-12-23-22(24-16-21-27-26-17(2)28(21)3)25-19-11-15-30-20-10-7-6-9-18(19)20;/h6-7,9-10,19H,4-5,8,11-16H2,1-3H3,(H2,23,24,25);1H. The molecule has 0 fully saturated rings. The summed E-state index contributed by atoms with van der Waals surface area (Å²) in [7, 11) is 1.96. The lowest BCUT2D eigenvalue weighted by Crippen LogP contribution is -2.41. The van der Waals surface area contributed by atoms with Crippen LogP contribution in [-0.2, 0) is 18.3 Å². The molecule has 1 aromatic carbocycles. The number of benzene rings is 1. The third-order valence-electron chi connectivity index (χ3n) is 5.23. The van der Waals surface area contributed by atoms with Crippen molar-refractivity contribution in [3.8, 4) is 5.75 Å². The summed E-state index contributed by atoms with van der Waals surface area (Å²) in [4.78, 5) is 4.77. The zero-order valence-corrected chi connectivity index (χ0v) is 21.1. The first-order valence-corrected chi connectivity index (χ1v) is 10.9. The minimum atomic E-state index is 0. The number of fused-ring (bicyclic) bond motifs is 1. The summed E-state index contributed by atoms with van der Waals surface area (Å²) >= 11 is 0. The zero-order valence-electron chi connectivity index (χ0n) is 18.8. The molecule has 3 rings (SSSR count). The van der Waals surface area contributed by atoms with Gasteiger partial charge in [0.1, 0.15) is 18.1 Å². The lowest BCUT2D eigenvalue weighted by molar-refractivity contribution is 0.129. The summed E-state index contributed by atoms with van der Waals surface area (Å²) < 4.78 is 13.4. The second kappa shape index (κ2) is 13.5. The molecule has 0 saturated heterocycles. The number of para-hydroxylation sites is 1. The summed E-state index contributed by atoms with van der Waals surface area (Å²) in [5.41, 5.74) is 1.16. The number of hydrogen-bond acceptors (Lipinski definition) is 5. The third kappa shape index (κ3) is 7.64. The van der Waals surface area contributed by atoms with Gasteiger partial charge in [0.05, 0.1) is 12.6 Å². The maximum atomic E-state index is 5.79. The van der Waals surface area contributed by atoms with Crippen LogP contribution >= 0.6 is 24.0 Å². The van der Waals surface area contributed by atoms with Crippen molar-refractivity contribution in [2.75, 3.05) is 26.4 Å². The molecular formula is C22H35IN6O2. The van der Waals surface area contributed by atoms with Crippen molar-refractivity contribution >= 4 is 29.9 Å². The van der Waals surface area contributed by atoms with Crippen molar-refractivity contribution in [1.82, 2.24) is 25.4 Å². The number of guanidine groups is 1. The predicted molar refractivity (Wildman–Crippen MR) is 133 cm³/mol. The molecule has 1 atom stereocenters. The van der Waals surface area contributed by atoms with Crippen molar-refractivity contribution < 1.29 is 9.47 Å². The summed E-state index contributed by atoms with van der Waals surface area (Å²) in [6.07, 6.45) is 4.09. The van der Waals surface area contributed by atoms with E-state index in [0.29, 0.717) is 13.2 Å². The van der Waals surface area contributed by atoms with Crippen LogP contribution in [0.25, 0.3) is 0 Å². The van der Waals surface area contributed by atoms with E-state index in [0.717, 1.165) is 74.4 Å². The van der Waals surface area contributed by atoms with Gasteiger partial charge in [-0.15, -0.1) is 34.2 Å². The average molecular weight is 542 g/mol. The van der Waals surface area contributed by atoms with Crippen LogP contribution in [0.5, 0.6) is 5.75 Å². The molecule has 172 valence electrons. The quantitative estimate of drug-likeness (QED) is 0.207. The highest BCUT2D eigenvalue weighted by molar-refractivity contribution is 14.0. The normalized spacial score (nSPS) is 15.6. The highest BCUT2D eigenvalue weighted by atomic mass is 127. The molecule has 1 unspecified atom stereocenters. The van der Waals surface area contributed by atoms with Gasteiger partial charge >= 0.3 is 0 Å². The van der Waals surface area contributed by atoms with E-state index in [1.54, 1.807) is 0 Å². The Kier molecular flexibility index (Phi) is 11.1. The van der Waals surface area contributed by atoms with Gasteiger partial charge in [-0.3, -0.25) is 0 Å². The molecule has 0 radical (unpaired) electrons. The highest BCUT2D eigenvalue weighted by Gasteiger charge is 2.22. The van der Waals surface area contributed by atoms with E-state index in [1.807, 2.05) is 36.7 Å². The van der Waals surface area contributed by atoms with Crippen LogP contribution in [0.2, 0.25) is 0 Å². The van der Waals surface area contributed by atoms with Gasteiger partial charge in [-0.2, -0.15) is 0 Å². The average Bonchev–Trinajstić information content (AvgIpc) is 3.09. The number of nitrogens with one attached hydrogen (secondary N) is 2. The van der Waals surface area contributed by atoms with Crippen molar-refractivity contribution in [2.24, 2.45) is 12.0 Å². The van der Waals surface area contributed by atoms with E-state index in [2.05, 4.69) is 33.8 Å². The van der Waals surface area contributed by atoms with Crippen LogP contribution in [0.4, 0.5) is 0 Å². The topological polar surface area (TPSA) is 85.6 Å². The molecule has 2 heterocycles. The van der Waals surface area contributed by atoms with Crippen molar-refractivity contribution in [3.05, 3.63) is 41.5 Å². The zero-order chi connectivity index (χ0) is 21.2. The molecule has 9 heteroatoms. The molecule has 1 aliphatic heterocycles. The van der Waals surface area contributed by atoms with Gasteiger partial charge in [0.25, 0.3) is 0 Å². The Balaban J connectivity index is 0.00000341. The van der Waals surface area contributed by atoms with Crippen LogP contribution < -0.4 is 15.4 Å². The van der Waals surface area contributed by atoms with Gasteiger partial charge < -0.3 is 24.7 Å². The smallest absolute Gasteiger partial charge is 0.192 e. The molecule has 31 heavy (non-hydrogen) atoms. The van der Waals surface area contributed by atoms with E-state index in [4.69, 9.17) is 14.5 Å². The largest absolute Gasteiger partial charge is 0.493 e. The predicted octanol–water partition coefficient (Wildman–Crippen LogP) is 3.51. The first-order chi connectivity index (χ1) is 14.7. The first kappa shape index (κ1) is 25.4. The monoisotopic (exact) mass is 542 g/mol. The maximum Gasteiger partial charge on any atom is 0.192 e. The van der Waals surface area contributed by atoms with E-state index in [1.165, 1.54) is 0 Å². The summed E-state index contributed by atoms with van der Waals surface area (Å²) in [6, 6.07) is 8.33. The number of hydrogen-bond donors (Lipinski definition) is 2. The Hall–Kier alpha value is -1.88. The number of aryl methyl sites for hydroxylation is 1. The summed E-state index contributed by atoms with van der Waals surface area (Å²) in [5, 5.41) is 15.4. The van der Waals surface area contributed by atoms with E-state index < -0.39 is 0 Å². The molecule has 2 aromatic rings. The van der Waals surface area contributed by atoms with Crippen molar-refractivity contribution in [2.45, 2.75) is 52.1 Å². The molecule has 1 aliphatic rings. The van der Waals surface area contributed by atoms with Crippen LogP contribution in [0.3, 0.4) is 0 Å². The molecular weight excluding hydrogens is 507 g/mol. The number of unbranched alkanes of at least 4 members (excludes halogenated alkanes) is 1. The lowest BCUT2D eigenvalue weighted by Gasteiger charge is -2.28. The fourth-order valence-electron chi connectivity index (χ4n) is 3.28. The highest BCUT2D eigenvalue weighted by Crippen LogP contribution is 2.31. The second-order valence-corrected chi connectivity index (χ2v) is 7.51. The van der Waals surface area contributed by atoms with Crippen LogP contribution in [0, 0.1) is 6.92 Å².